The number of carbonyl (C=O) groups is 2. The number of aryl methyl sites for hydroxylation is 1. The molecule has 3 rings (SSSR count). The molecule has 0 fully saturated rings. The molecule has 3 aromatic rings. The second-order valence-electron chi connectivity index (χ2n) is 6.20. The molecule has 0 amide bonds. The number of carbonyl (C=O) groups excluding carboxylic acids is 1. The number of hydrogen-bond donors (Lipinski definition) is 2. The SMILES string of the molecule is Cc1ccccc1-c1cnc(S(C)(=O)=O)nc1C(=O)O.O=C(OO)c1cccc(Cl)c1. The normalized spacial score (nSPS) is 10.6. The molecule has 11 heteroatoms. The lowest BCUT2D eigenvalue weighted by molar-refractivity contribution is -0.182. The van der Waals surface area contributed by atoms with Crippen LogP contribution in [-0.2, 0) is 14.7 Å². The zero-order valence-corrected chi connectivity index (χ0v) is 17.9. The number of rotatable bonds is 4. The summed E-state index contributed by atoms with van der Waals surface area (Å²) in [6.07, 6.45) is 2.16. The minimum Gasteiger partial charge on any atom is -0.476 e. The van der Waals surface area contributed by atoms with Gasteiger partial charge in [-0.15, -0.1) is 0 Å². The molecule has 0 aliphatic heterocycles. The van der Waals surface area contributed by atoms with E-state index in [1.165, 1.54) is 18.3 Å². The molecule has 0 atom stereocenters. The summed E-state index contributed by atoms with van der Waals surface area (Å²) in [4.78, 5) is 32.8. The van der Waals surface area contributed by atoms with Crippen molar-refractivity contribution in [1.82, 2.24) is 9.97 Å². The molecule has 31 heavy (non-hydrogen) atoms. The van der Waals surface area contributed by atoms with Gasteiger partial charge in [0.25, 0.3) is 0 Å². The minimum atomic E-state index is -3.65. The fraction of sp³-hybridized carbons (Fsp3) is 0.100. The highest BCUT2D eigenvalue weighted by Crippen LogP contribution is 2.25. The molecule has 0 aliphatic carbocycles. The topological polar surface area (TPSA) is 144 Å². The number of sulfone groups is 1. The van der Waals surface area contributed by atoms with Gasteiger partial charge in [0.1, 0.15) is 0 Å². The molecule has 1 heterocycles. The van der Waals surface area contributed by atoms with Crippen molar-refractivity contribution >= 4 is 33.4 Å². The molecule has 9 nitrogen and oxygen atoms in total. The smallest absolute Gasteiger partial charge is 0.372 e. The van der Waals surface area contributed by atoms with E-state index in [-0.39, 0.29) is 11.3 Å². The molecule has 2 aromatic carbocycles. The van der Waals surface area contributed by atoms with E-state index in [2.05, 4.69) is 14.9 Å². The zero-order valence-electron chi connectivity index (χ0n) is 16.3. The van der Waals surface area contributed by atoms with Gasteiger partial charge in [0.15, 0.2) is 5.69 Å². The van der Waals surface area contributed by atoms with Gasteiger partial charge in [-0.2, -0.15) is 5.26 Å². The van der Waals surface area contributed by atoms with Crippen molar-refractivity contribution in [2.45, 2.75) is 12.1 Å². The van der Waals surface area contributed by atoms with Crippen molar-refractivity contribution in [3.05, 3.63) is 76.6 Å². The highest BCUT2D eigenvalue weighted by molar-refractivity contribution is 7.90. The monoisotopic (exact) mass is 464 g/mol. The fourth-order valence-corrected chi connectivity index (χ4v) is 3.14. The number of nitrogens with zero attached hydrogens (tertiary/aromatic N) is 2. The Bertz CT molecular complexity index is 1230. The summed E-state index contributed by atoms with van der Waals surface area (Å²) < 4.78 is 22.8. The van der Waals surface area contributed by atoms with Gasteiger partial charge in [-0.05, 0) is 36.2 Å². The van der Waals surface area contributed by atoms with E-state index in [0.29, 0.717) is 16.1 Å². The average molecular weight is 465 g/mol. The quantitative estimate of drug-likeness (QED) is 0.336. The van der Waals surface area contributed by atoms with Crippen LogP contribution in [0.5, 0.6) is 0 Å². The van der Waals surface area contributed by atoms with Crippen LogP contribution in [0.25, 0.3) is 11.1 Å². The lowest BCUT2D eigenvalue weighted by Gasteiger charge is -2.09. The summed E-state index contributed by atoms with van der Waals surface area (Å²) in [7, 11) is -3.65. The second-order valence-corrected chi connectivity index (χ2v) is 8.54. The summed E-state index contributed by atoms with van der Waals surface area (Å²) in [6, 6.07) is 13.3. The van der Waals surface area contributed by atoms with Crippen molar-refractivity contribution in [2.75, 3.05) is 6.26 Å². The maximum absolute atomic E-state index is 11.4. The van der Waals surface area contributed by atoms with Crippen molar-refractivity contribution in [3.8, 4) is 11.1 Å². The van der Waals surface area contributed by atoms with Gasteiger partial charge in [0.05, 0.1) is 5.56 Å². The first-order chi connectivity index (χ1) is 14.5. The molecule has 0 spiro atoms. The van der Waals surface area contributed by atoms with Gasteiger partial charge in [-0.3, -0.25) is 4.89 Å². The molecule has 1 aromatic heterocycles. The Morgan fingerprint density at radius 2 is 1.74 bits per heavy atom. The predicted octanol–water partition coefficient (Wildman–Crippen LogP) is 3.52. The Morgan fingerprint density at radius 1 is 1.06 bits per heavy atom. The van der Waals surface area contributed by atoms with E-state index in [4.69, 9.17) is 16.9 Å². The number of halogens is 1. The Hall–Kier alpha value is -3.34. The Balaban J connectivity index is 0.000000262. The van der Waals surface area contributed by atoms with Crippen LogP contribution in [0, 0.1) is 6.92 Å². The Labute approximate surface area is 182 Å². The van der Waals surface area contributed by atoms with Gasteiger partial charge in [0, 0.05) is 23.0 Å². The molecular formula is C20H17ClN2O7S. The van der Waals surface area contributed by atoms with Gasteiger partial charge in [-0.1, -0.05) is 41.9 Å². The summed E-state index contributed by atoms with van der Waals surface area (Å²) in [5.41, 5.74) is 1.70. The van der Waals surface area contributed by atoms with Crippen LogP contribution < -0.4 is 0 Å². The Morgan fingerprint density at radius 3 is 2.29 bits per heavy atom. The first-order valence-corrected chi connectivity index (χ1v) is 10.8. The number of hydrogen-bond acceptors (Lipinski definition) is 8. The van der Waals surface area contributed by atoms with Crippen LogP contribution in [0.15, 0.2) is 59.9 Å². The van der Waals surface area contributed by atoms with Crippen molar-refractivity contribution in [2.24, 2.45) is 0 Å². The lowest BCUT2D eigenvalue weighted by atomic mass is 10.0. The van der Waals surface area contributed by atoms with Gasteiger partial charge < -0.3 is 5.11 Å². The van der Waals surface area contributed by atoms with Crippen molar-refractivity contribution < 1.29 is 33.3 Å². The largest absolute Gasteiger partial charge is 0.476 e. The minimum absolute atomic E-state index is 0.222. The van der Waals surface area contributed by atoms with Gasteiger partial charge >= 0.3 is 11.9 Å². The zero-order chi connectivity index (χ0) is 23.2. The number of carboxylic acids is 1. The molecule has 0 unspecified atom stereocenters. The highest BCUT2D eigenvalue weighted by atomic mass is 35.5. The lowest BCUT2D eigenvalue weighted by Crippen LogP contribution is -2.11. The fourth-order valence-electron chi connectivity index (χ4n) is 2.45. The third-order valence-corrected chi connectivity index (χ3v) is 4.97. The number of benzene rings is 2. The number of aromatic carboxylic acids is 1. The molecule has 162 valence electrons. The standard InChI is InChI=1S/C13H12N2O4S.C7H5ClO3/c1-8-5-3-4-6-9(8)10-7-14-13(20(2,18)19)15-11(10)12(16)17;8-6-3-1-2-5(4-6)7(9)11-10/h3-7H,1-2H3,(H,16,17);1-4,10H. The van der Waals surface area contributed by atoms with E-state index in [9.17, 15) is 23.1 Å². The molecule has 2 N–H and O–H groups in total. The van der Waals surface area contributed by atoms with Crippen LogP contribution in [0.3, 0.4) is 0 Å². The van der Waals surface area contributed by atoms with Crippen LogP contribution in [0.2, 0.25) is 5.02 Å². The Kier molecular flexibility index (Phi) is 7.81. The van der Waals surface area contributed by atoms with Crippen LogP contribution in [0.1, 0.15) is 26.4 Å². The van der Waals surface area contributed by atoms with Crippen molar-refractivity contribution in [3.63, 3.8) is 0 Å². The summed E-state index contributed by atoms with van der Waals surface area (Å²) in [5, 5.41) is 17.1. The van der Waals surface area contributed by atoms with E-state index in [1.807, 2.05) is 19.1 Å². The first-order valence-electron chi connectivity index (χ1n) is 8.52. The predicted molar refractivity (Wildman–Crippen MR) is 112 cm³/mol. The summed E-state index contributed by atoms with van der Waals surface area (Å²) in [6.45, 7) is 1.82. The molecule has 0 radical (unpaired) electrons. The second kappa shape index (κ2) is 10.1. The average Bonchev–Trinajstić information content (AvgIpc) is 2.73. The summed E-state index contributed by atoms with van der Waals surface area (Å²) in [5.74, 6) is -2.11. The molecule has 0 bridgehead atoms. The number of carboxylic acid groups (broad SMARTS) is 1. The highest BCUT2D eigenvalue weighted by Gasteiger charge is 2.20. The first kappa shape index (κ1) is 23.9. The third kappa shape index (κ3) is 6.32. The van der Waals surface area contributed by atoms with Crippen LogP contribution in [0.4, 0.5) is 0 Å². The van der Waals surface area contributed by atoms with E-state index < -0.39 is 26.9 Å². The maximum Gasteiger partial charge on any atom is 0.372 e. The molecule has 0 saturated carbocycles. The van der Waals surface area contributed by atoms with Gasteiger partial charge in [0.2, 0.25) is 15.0 Å². The molecule has 0 saturated heterocycles. The number of aromatic nitrogens is 2. The summed E-state index contributed by atoms with van der Waals surface area (Å²) >= 11 is 5.56. The van der Waals surface area contributed by atoms with Crippen molar-refractivity contribution in [1.29, 1.82) is 0 Å². The maximum atomic E-state index is 11.4. The van der Waals surface area contributed by atoms with Crippen LogP contribution >= 0.6 is 11.6 Å². The van der Waals surface area contributed by atoms with Gasteiger partial charge in [-0.25, -0.2) is 28.0 Å². The molecule has 0 aliphatic rings. The van der Waals surface area contributed by atoms with E-state index in [0.717, 1.165) is 11.8 Å². The molecular weight excluding hydrogens is 448 g/mol. The third-order valence-electron chi connectivity index (χ3n) is 3.88. The van der Waals surface area contributed by atoms with E-state index in [1.54, 1.807) is 24.3 Å². The van der Waals surface area contributed by atoms with Crippen LogP contribution in [-0.4, -0.2) is 46.9 Å². The van der Waals surface area contributed by atoms with E-state index >= 15 is 0 Å².